The van der Waals surface area contributed by atoms with Crippen LogP contribution in [0.4, 0.5) is 0 Å². The van der Waals surface area contributed by atoms with Crippen LogP contribution in [0.3, 0.4) is 0 Å². The predicted molar refractivity (Wildman–Crippen MR) is 77.5 cm³/mol. The van der Waals surface area contributed by atoms with Crippen LogP contribution < -0.4 is 10.1 Å². The molecule has 1 unspecified atom stereocenters. The van der Waals surface area contributed by atoms with Crippen LogP contribution in [-0.2, 0) is 19.8 Å². The summed E-state index contributed by atoms with van der Waals surface area (Å²) in [6, 6.07) is 7.11. The lowest BCUT2D eigenvalue weighted by Gasteiger charge is -2.08. The maximum atomic E-state index is 12.6. The molecule has 1 heterocycles. The third kappa shape index (κ3) is 1.62. The highest BCUT2D eigenvalue weighted by molar-refractivity contribution is 6.44. The number of rotatable bonds is 5. The molecule has 4 rings (SSSR count). The third-order valence-electron chi connectivity index (χ3n) is 5.47. The number of nitrogens with one attached hydrogen (secondary N) is 1. The molecule has 1 aromatic carbocycles. The molecule has 5 nitrogen and oxygen atoms in total. The lowest BCUT2D eigenvalue weighted by Crippen LogP contribution is -2.39. The van der Waals surface area contributed by atoms with Crippen LogP contribution in [0.15, 0.2) is 24.3 Å². The molecular weight excluding hydrogens is 282 g/mol. The molecule has 1 saturated heterocycles. The minimum Gasteiger partial charge on any atom is -0.497 e. The number of hydrogen-bond donors (Lipinski definition) is 1. The molecule has 1 N–H and O–H groups in total. The number of ether oxygens (including phenoxy) is 1. The van der Waals surface area contributed by atoms with E-state index in [2.05, 4.69) is 5.32 Å². The van der Waals surface area contributed by atoms with Crippen molar-refractivity contribution in [1.82, 2.24) is 5.32 Å². The van der Waals surface area contributed by atoms with Gasteiger partial charge >= 0.3 is 0 Å². The number of hydrogen-bond acceptors (Lipinski definition) is 4. The Balaban J connectivity index is 1.53. The fourth-order valence-electron chi connectivity index (χ4n) is 3.87. The van der Waals surface area contributed by atoms with E-state index in [1.54, 1.807) is 7.11 Å². The Morgan fingerprint density at radius 2 is 2.09 bits per heavy atom. The van der Waals surface area contributed by atoms with Crippen molar-refractivity contribution in [1.29, 1.82) is 0 Å². The first-order chi connectivity index (χ1) is 10.5. The van der Waals surface area contributed by atoms with Gasteiger partial charge in [-0.2, -0.15) is 0 Å². The first kappa shape index (κ1) is 13.5. The van der Waals surface area contributed by atoms with E-state index >= 15 is 0 Å². The van der Waals surface area contributed by atoms with Crippen molar-refractivity contribution in [2.45, 2.75) is 37.1 Å². The van der Waals surface area contributed by atoms with Crippen molar-refractivity contribution >= 4 is 17.5 Å². The van der Waals surface area contributed by atoms with Crippen LogP contribution in [0.5, 0.6) is 5.75 Å². The molecule has 1 amide bonds. The molecule has 1 aliphatic heterocycles. The second-order valence-corrected chi connectivity index (χ2v) is 6.60. The summed E-state index contributed by atoms with van der Waals surface area (Å²) in [5, 5.41) is 2.59. The standard InChI is InChI=1S/C17H17NO4/c1-22-11-4-2-3-10(7-11)16-8-17(16,9-16)15(21)14(20)12-5-6-13(19)18-12/h2-4,7,12H,5-6,8-9H2,1H3,(H,18,19). The molecule has 3 fully saturated rings. The molecule has 0 aromatic heterocycles. The second-order valence-electron chi connectivity index (χ2n) is 6.60. The van der Waals surface area contributed by atoms with Crippen LogP contribution in [0.2, 0.25) is 0 Å². The fourth-order valence-corrected chi connectivity index (χ4v) is 3.87. The Labute approximate surface area is 128 Å². The van der Waals surface area contributed by atoms with Crippen molar-refractivity contribution in [2.24, 2.45) is 5.41 Å². The number of Topliss-reactive ketones (excluding diaryl/α,β-unsaturated/α-hetero) is 2. The molecule has 1 atom stereocenters. The van der Waals surface area contributed by atoms with Crippen molar-refractivity contribution in [3.05, 3.63) is 29.8 Å². The minimum atomic E-state index is -0.612. The fraction of sp³-hybridized carbons (Fsp3) is 0.471. The Hall–Kier alpha value is -2.17. The molecule has 114 valence electrons. The van der Waals surface area contributed by atoms with Gasteiger partial charge in [-0.05, 0) is 37.0 Å². The lowest BCUT2D eigenvalue weighted by molar-refractivity contribution is -0.139. The zero-order valence-electron chi connectivity index (χ0n) is 12.3. The van der Waals surface area contributed by atoms with E-state index in [1.165, 1.54) is 0 Å². The number of benzene rings is 1. The lowest BCUT2D eigenvalue weighted by atomic mass is 9.99. The van der Waals surface area contributed by atoms with Gasteiger partial charge in [0.15, 0.2) is 0 Å². The minimum absolute atomic E-state index is 0.144. The molecule has 0 spiro atoms. The maximum absolute atomic E-state index is 12.6. The molecular formula is C17H17NO4. The summed E-state index contributed by atoms with van der Waals surface area (Å²) in [5.41, 5.74) is 0.393. The van der Waals surface area contributed by atoms with Gasteiger partial charge in [-0.1, -0.05) is 12.1 Å². The largest absolute Gasteiger partial charge is 0.497 e. The van der Waals surface area contributed by atoms with E-state index in [4.69, 9.17) is 4.74 Å². The summed E-state index contributed by atoms with van der Waals surface area (Å²) in [6.07, 6.45) is 2.24. The van der Waals surface area contributed by atoms with Crippen molar-refractivity contribution in [2.75, 3.05) is 7.11 Å². The summed E-state index contributed by atoms with van der Waals surface area (Å²) < 4.78 is 5.23. The van der Waals surface area contributed by atoms with Gasteiger partial charge in [0.1, 0.15) is 5.75 Å². The number of amides is 1. The van der Waals surface area contributed by atoms with Crippen LogP contribution >= 0.6 is 0 Å². The zero-order valence-corrected chi connectivity index (χ0v) is 12.3. The van der Waals surface area contributed by atoms with Crippen LogP contribution in [0, 0.1) is 5.41 Å². The Morgan fingerprint density at radius 1 is 1.32 bits per heavy atom. The highest BCUT2D eigenvalue weighted by atomic mass is 16.5. The van der Waals surface area contributed by atoms with E-state index in [1.807, 2.05) is 24.3 Å². The quantitative estimate of drug-likeness (QED) is 0.828. The molecule has 2 aliphatic carbocycles. The van der Waals surface area contributed by atoms with E-state index in [-0.39, 0.29) is 17.1 Å². The average molecular weight is 299 g/mol. The third-order valence-corrected chi connectivity index (χ3v) is 5.47. The molecule has 1 aromatic rings. The number of carbonyl (C=O) groups excluding carboxylic acids is 3. The van der Waals surface area contributed by atoms with Gasteiger partial charge in [-0.15, -0.1) is 0 Å². The molecule has 3 aliphatic rings. The predicted octanol–water partition coefficient (Wildman–Crippen LogP) is 1.14. The van der Waals surface area contributed by atoms with Gasteiger partial charge in [0, 0.05) is 17.3 Å². The van der Waals surface area contributed by atoms with Crippen LogP contribution in [0.1, 0.15) is 31.2 Å². The summed E-state index contributed by atoms with van der Waals surface area (Å²) >= 11 is 0. The average Bonchev–Trinajstić information content (AvgIpc) is 3.31. The molecule has 2 saturated carbocycles. The zero-order chi connectivity index (χ0) is 15.5. The highest BCUT2D eigenvalue weighted by Crippen LogP contribution is 2.86. The van der Waals surface area contributed by atoms with Gasteiger partial charge < -0.3 is 10.1 Å². The van der Waals surface area contributed by atoms with Crippen molar-refractivity contribution in [3.8, 4) is 5.75 Å². The Bertz CT molecular complexity index is 702. The summed E-state index contributed by atoms with van der Waals surface area (Å²) in [7, 11) is 1.61. The smallest absolute Gasteiger partial charge is 0.221 e. The van der Waals surface area contributed by atoms with Gasteiger partial charge in [-0.25, -0.2) is 0 Å². The van der Waals surface area contributed by atoms with Crippen molar-refractivity contribution < 1.29 is 19.1 Å². The topological polar surface area (TPSA) is 72.5 Å². The molecule has 0 bridgehead atoms. The van der Waals surface area contributed by atoms with Crippen LogP contribution in [0.25, 0.3) is 0 Å². The maximum Gasteiger partial charge on any atom is 0.221 e. The normalized spacial score (nSPS) is 34.6. The van der Waals surface area contributed by atoms with E-state index in [9.17, 15) is 14.4 Å². The molecule has 0 radical (unpaired) electrons. The first-order valence-electron chi connectivity index (χ1n) is 7.55. The Kier molecular flexibility index (Phi) is 2.56. The second kappa shape index (κ2) is 4.18. The van der Waals surface area contributed by atoms with Gasteiger partial charge in [0.2, 0.25) is 17.5 Å². The number of ketones is 2. The number of carbonyl (C=O) groups is 3. The van der Waals surface area contributed by atoms with Gasteiger partial charge in [-0.3, -0.25) is 14.4 Å². The van der Waals surface area contributed by atoms with E-state index in [0.717, 1.165) is 24.2 Å². The summed E-state index contributed by atoms with van der Waals surface area (Å²) in [6.45, 7) is 0. The van der Waals surface area contributed by atoms with E-state index in [0.29, 0.717) is 12.8 Å². The highest BCUT2D eigenvalue weighted by Gasteiger charge is 2.87. The van der Waals surface area contributed by atoms with Gasteiger partial charge in [0.25, 0.3) is 0 Å². The number of fused-ring (bicyclic) bond motifs is 1. The molecule has 5 heteroatoms. The van der Waals surface area contributed by atoms with Crippen LogP contribution in [-0.4, -0.2) is 30.6 Å². The Morgan fingerprint density at radius 3 is 2.73 bits per heavy atom. The summed E-state index contributed by atoms with van der Waals surface area (Å²) in [4.78, 5) is 36.1. The summed E-state index contributed by atoms with van der Waals surface area (Å²) in [5.74, 6) is -0.105. The number of methoxy groups -OCH3 is 1. The molecule has 22 heavy (non-hydrogen) atoms. The first-order valence-corrected chi connectivity index (χ1v) is 7.55. The monoisotopic (exact) mass is 299 g/mol. The van der Waals surface area contributed by atoms with Crippen molar-refractivity contribution in [3.63, 3.8) is 0 Å². The van der Waals surface area contributed by atoms with E-state index < -0.39 is 17.2 Å². The van der Waals surface area contributed by atoms with Gasteiger partial charge in [0.05, 0.1) is 13.2 Å². The SMILES string of the molecule is COc1cccc(C23CC2(C(=O)C(=O)C2CCC(=O)N2)C3)c1.